The molecule has 2 aliphatic carbocycles. The summed E-state index contributed by atoms with van der Waals surface area (Å²) in [6.07, 6.45) is 5.60. The maximum Gasteiger partial charge on any atom is 0.180 e. The summed E-state index contributed by atoms with van der Waals surface area (Å²) >= 11 is 0. The van der Waals surface area contributed by atoms with Gasteiger partial charge in [0.15, 0.2) is 34.7 Å². The van der Waals surface area contributed by atoms with E-state index in [1.807, 2.05) is 38.1 Å². The van der Waals surface area contributed by atoms with Gasteiger partial charge in [-0.2, -0.15) is 0 Å². The van der Waals surface area contributed by atoms with Crippen LogP contribution >= 0.6 is 0 Å². The minimum Gasteiger partial charge on any atom is -0.511 e. The number of aliphatic hydroxyl groups is 2. The monoisotopic (exact) mass is 824 g/mol. The van der Waals surface area contributed by atoms with Gasteiger partial charge in [0, 0.05) is 17.6 Å². The van der Waals surface area contributed by atoms with Crippen LogP contribution in [0.25, 0.3) is 12.2 Å². The molecule has 320 valence electrons. The summed E-state index contributed by atoms with van der Waals surface area (Å²) in [7, 11) is 0. The Bertz CT molecular complexity index is 2090. The fourth-order valence-corrected chi connectivity index (χ4v) is 8.05. The Kier molecular flexibility index (Phi) is 15.6. The van der Waals surface area contributed by atoms with Crippen LogP contribution in [0, 0.1) is 36.5 Å². The fourth-order valence-electron chi connectivity index (χ4n) is 8.05. The molecule has 2 atom stereocenters. The van der Waals surface area contributed by atoms with Gasteiger partial charge < -0.3 is 10.2 Å². The predicted octanol–water partition coefficient (Wildman–Crippen LogP) is 11.1. The number of ketones is 6. The van der Waals surface area contributed by atoms with Gasteiger partial charge in [0.1, 0.15) is 23.4 Å². The number of aliphatic hydroxyl groups excluding tert-OH is 2. The van der Waals surface area contributed by atoms with Crippen molar-refractivity contribution in [2.75, 3.05) is 0 Å². The lowest BCUT2D eigenvalue weighted by molar-refractivity contribution is -0.146. The lowest BCUT2D eigenvalue weighted by atomic mass is 9.59. The largest absolute Gasteiger partial charge is 0.511 e. The zero-order valence-corrected chi connectivity index (χ0v) is 36.6. The quantitative estimate of drug-likeness (QED) is 0.0763. The summed E-state index contributed by atoms with van der Waals surface area (Å²) in [5.41, 5.74) is 1.71. The summed E-state index contributed by atoms with van der Waals surface area (Å²) in [5.74, 6) is -10.3. The molecule has 2 aromatic rings. The number of benzene rings is 2. The van der Waals surface area contributed by atoms with Crippen LogP contribution in [0.15, 0.2) is 132 Å². The summed E-state index contributed by atoms with van der Waals surface area (Å²) < 4.78 is 0. The van der Waals surface area contributed by atoms with Gasteiger partial charge in [-0.3, -0.25) is 28.8 Å². The second kappa shape index (κ2) is 20.0. The molecule has 2 aromatic carbocycles. The second-order valence-electron chi connectivity index (χ2n) is 17.4. The molecular formula is C53H60O8. The van der Waals surface area contributed by atoms with Crippen LogP contribution in [-0.4, -0.2) is 44.9 Å². The van der Waals surface area contributed by atoms with Gasteiger partial charge in [-0.15, -0.1) is 26.3 Å². The molecular weight excluding hydrogens is 765 g/mol. The molecule has 61 heavy (non-hydrogen) atoms. The van der Waals surface area contributed by atoms with Gasteiger partial charge in [0.2, 0.25) is 0 Å². The van der Waals surface area contributed by atoms with Crippen LogP contribution in [0.5, 0.6) is 0 Å². The highest BCUT2D eigenvalue weighted by molar-refractivity contribution is 6.32. The number of aryl methyl sites for hydroxylation is 2. The zero-order valence-electron chi connectivity index (χ0n) is 36.6. The molecule has 0 saturated carbocycles. The maximum atomic E-state index is 14.8. The topological polar surface area (TPSA) is 143 Å². The highest BCUT2D eigenvalue weighted by atomic mass is 16.3. The normalized spacial score (nSPS) is 18.9. The van der Waals surface area contributed by atoms with Gasteiger partial charge in [-0.1, -0.05) is 94.1 Å². The highest BCUT2D eigenvalue weighted by Crippen LogP contribution is 2.51. The molecule has 2 N–H and O–H groups in total. The van der Waals surface area contributed by atoms with Crippen molar-refractivity contribution in [3.05, 3.63) is 154 Å². The van der Waals surface area contributed by atoms with Crippen molar-refractivity contribution < 1.29 is 39.0 Å². The van der Waals surface area contributed by atoms with Crippen molar-refractivity contribution in [1.29, 1.82) is 0 Å². The Morgan fingerprint density at radius 1 is 0.541 bits per heavy atom. The van der Waals surface area contributed by atoms with E-state index >= 15 is 0 Å². The second-order valence-corrected chi connectivity index (χ2v) is 17.4. The van der Waals surface area contributed by atoms with E-state index in [2.05, 4.69) is 26.3 Å². The van der Waals surface area contributed by atoms with E-state index in [4.69, 9.17) is 0 Å². The SMILES string of the molecule is C=C(C)CCC1(CCC(=C)C)C(=O)C(C(=O)C=Cc2ccc(C)cc2)C(=O)C(CC2=C(O)C(CCC(=C)C)(CCC(=C)C)C(=O)C(C(=O)C=Cc3ccc(C)cc3)C2=O)=C1O. The molecule has 0 spiro atoms. The fraction of sp³-hybridized carbons (Fsp3) is 0.358. The molecule has 0 heterocycles. The molecule has 0 aliphatic heterocycles. The van der Waals surface area contributed by atoms with Gasteiger partial charge in [0.25, 0.3) is 0 Å². The molecule has 0 bridgehead atoms. The van der Waals surface area contributed by atoms with E-state index in [9.17, 15) is 39.0 Å². The first-order valence-electron chi connectivity index (χ1n) is 20.8. The standard InChI is InChI=1S/C53H60O8/c1-32(2)23-27-52(28-24-33(3)4)48(58)40(46(56)44(50(52)60)42(54)21-19-38-15-11-36(9)12-16-38)31-41-47(57)45(43(55)22-20-39-17-13-37(10)14-18-39)51(61)53(49(41)59,29-25-34(5)6)30-26-35(7)8/h11-22,44-45,58-59H,1,3,5,7,23-31H2,2,4,6,8-10H3. The highest BCUT2D eigenvalue weighted by Gasteiger charge is 2.58. The third-order valence-electron chi connectivity index (χ3n) is 11.9. The molecule has 0 saturated heterocycles. The van der Waals surface area contributed by atoms with Crippen LogP contribution in [0.4, 0.5) is 0 Å². The van der Waals surface area contributed by atoms with Crippen LogP contribution in [-0.2, 0) is 28.8 Å². The summed E-state index contributed by atoms with van der Waals surface area (Å²) in [5, 5.41) is 24.8. The van der Waals surface area contributed by atoms with E-state index in [1.54, 1.807) is 52.0 Å². The molecule has 0 aromatic heterocycles. The first-order chi connectivity index (χ1) is 28.6. The molecule has 0 amide bonds. The number of carbonyl (C=O) groups excluding carboxylic acids is 6. The van der Waals surface area contributed by atoms with Gasteiger partial charge in [-0.05, 0) is 116 Å². The smallest absolute Gasteiger partial charge is 0.180 e. The molecule has 8 heteroatoms. The number of hydrogen-bond donors (Lipinski definition) is 2. The Labute approximate surface area is 360 Å². The van der Waals surface area contributed by atoms with Crippen LogP contribution in [0.2, 0.25) is 0 Å². The Morgan fingerprint density at radius 2 is 0.820 bits per heavy atom. The molecule has 0 radical (unpaired) electrons. The Morgan fingerprint density at radius 3 is 1.08 bits per heavy atom. The van der Waals surface area contributed by atoms with Gasteiger partial charge in [0.05, 0.1) is 10.8 Å². The van der Waals surface area contributed by atoms with Gasteiger partial charge >= 0.3 is 0 Å². The Hall–Kier alpha value is -6.02. The maximum absolute atomic E-state index is 14.8. The first kappa shape index (κ1) is 47.7. The summed E-state index contributed by atoms with van der Waals surface area (Å²) in [6.45, 7) is 26.9. The summed E-state index contributed by atoms with van der Waals surface area (Å²) in [6, 6.07) is 14.6. The average molecular weight is 825 g/mol. The predicted molar refractivity (Wildman–Crippen MR) is 242 cm³/mol. The van der Waals surface area contributed by atoms with E-state index in [0.717, 1.165) is 11.1 Å². The third-order valence-corrected chi connectivity index (χ3v) is 11.9. The first-order valence-corrected chi connectivity index (χ1v) is 20.8. The zero-order chi connectivity index (χ0) is 45.4. The van der Waals surface area contributed by atoms with E-state index in [0.29, 0.717) is 33.4 Å². The van der Waals surface area contributed by atoms with Crippen LogP contribution < -0.4 is 0 Å². The molecule has 2 unspecified atom stereocenters. The van der Waals surface area contributed by atoms with E-state index in [-0.39, 0.29) is 51.4 Å². The molecule has 0 fully saturated rings. The van der Waals surface area contributed by atoms with Crippen LogP contribution in [0.1, 0.15) is 108 Å². The van der Waals surface area contributed by atoms with Crippen molar-refractivity contribution >= 4 is 46.9 Å². The average Bonchev–Trinajstić information content (AvgIpc) is 3.19. The molecule has 2 aliphatic rings. The van der Waals surface area contributed by atoms with Crippen molar-refractivity contribution in [1.82, 2.24) is 0 Å². The minimum atomic E-state index is -1.89. The number of carbonyl (C=O) groups is 6. The van der Waals surface area contributed by atoms with E-state index < -0.39 is 86.5 Å². The van der Waals surface area contributed by atoms with Gasteiger partial charge in [-0.25, -0.2) is 0 Å². The number of Topliss-reactive ketones (excluding diaryl/α,β-unsaturated/α-hetero) is 4. The lowest BCUT2D eigenvalue weighted by Crippen LogP contribution is -2.51. The van der Waals surface area contributed by atoms with Crippen molar-refractivity contribution in [3.8, 4) is 0 Å². The van der Waals surface area contributed by atoms with E-state index in [1.165, 1.54) is 24.3 Å². The van der Waals surface area contributed by atoms with Crippen molar-refractivity contribution in [3.63, 3.8) is 0 Å². The number of rotatable bonds is 20. The summed E-state index contributed by atoms with van der Waals surface area (Å²) in [4.78, 5) is 87.4. The lowest BCUT2D eigenvalue weighted by Gasteiger charge is -2.41. The van der Waals surface area contributed by atoms with Crippen molar-refractivity contribution in [2.24, 2.45) is 22.7 Å². The molecule has 4 rings (SSSR count). The third kappa shape index (κ3) is 10.8. The van der Waals surface area contributed by atoms with Crippen molar-refractivity contribution in [2.45, 2.75) is 99.3 Å². The van der Waals surface area contributed by atoms with Crippen LogP contribution in [0.3, 0.4) is 0 Å². The number of hydrogen-bond acceptors (Lipinski definition) is 8. The Balaban J connectivity index is 1.99. The minimum absolute atomic E-state index is 0.00788. The number of allylic oxidation sites excluding steroid dienone is 10. The molecule has 8 nitrogen and oxygen atoms in total.